The number of nitrogens with zero attached hydrogens (tertiary/aromatic N) is 1. The monoisotopic (exact) mass is 426 g/mol. The highest BCUT2D eigenvalue weighted by molar-refractivity contribution is 8.00. The van der Waals surface area contributed by atoms with Crippen molar-refractivity contribution >= 4 is 29.3 Å². The molecule has 2 aromatic carbocycles. The standard InChI is InChI=1S/C24H30N2O3S/c1-6-19(23(28)25-14-16-8-7-9-18(12-16)29-5)26-20-13-17(24(2,3)4)10-11-21(20)30-15-22(26)27/h7-13,19H,6,14-15H2,1-5H3,(H,25,28). The molecule has 1 aliphatic heterocycles. The number of fused-ring (bicyclic) bond motifs is 1. The van der Waals surface area contributed by atoms with Crippen LogP contribution in [0.5, 0.6) is 5.75 Å². The number of benzene rings is 2. The van der Waals surface area contributed by atoms with Gasteiger partial charge in [0.2, 0.25) is 11.8 Å². The van der Waals surface area contributed by atoms with Gasteiger partial charge in [0.25, 0.3) is 0 Å². The van der Waals surface area contributed by atoms with Crippen LogP contribution in [-0.4, -0.2) is 30.7 Å². The Labute approximate surface area is 183 Å². The number of hydrogen-bond acceptors (Lipinski definition) is 4. The predicted molar refractivity (Wildman–Crippen MR) is 122 cm³/mol. The average molecular weight is 427 g/mol. The fourth-order valence-corrected chi connectivity index (χ4v) is 4.44. The highest BCUT2D eigenvalue weighted by Gasteiger charge is 2.34. The van der Waals surface area contributed by atoms with E-state index in [2.05, 4.69) is 44.3 Å². The van der Waals surface area contributed by atoms with E-state index in [9.17, 15) is 9.59 Å². The number of thioether (sulfide) groups is 1. The number of amides is 2. The van der Waals surface area contributed by atoms with Crippen molar-refractivity contribution in [3.05, 3.63) is 53.6 Å². The lowest BCUT2D eigenvalue weighted by molar-refractivity contribution is -0.126. The number of rotatable bonds is 6. The van der Waals surface area contributed by atoms with Crippen molar-refractivity contribution in [2.75, 3.05) is 17.8 Å². The fraction of sp³-hybridized carbons (Fsp3) is 0.417. The quantitative estimate of drug-likeness (QED) is 0.737. The van der Waals surface area contributed by atoms with Gasteiger partial charge in [-0.25, -0.2) is 0 Å². The molecule has 0 aliphatic carbocycles. The largest absolute Gasteiger partial charge is 0.497 e. The van der Waals surface area contributed by atoms with Crippen molar-refractivity contribution in [3.63, 3.8) is 0 Å². The van der Waals surface area contributed by atoms with Crippen LogP contribution in [0, 0.1) is 0 Å². The molecule has 2 amide bonds. The van der Waals surface area contributed by atoms with Crippen LogP contribution >= 0.6 is 11.8 Å². The second-order valence-electron chi connectivity index (χ2n) is 8.48. The molecule has 0 fully saturated rings. The molecule has 2 aromatic rings. The molecular formula is C24H30N2O3S. The van der Waals surface area contributed by atoms with Crippen LogP contribution in [-0.2, 0) is 21.5 Å². The minimum atomic E-state index is -0.544. The summed E-state index contributed by atoms with van der Waals surface area (Å²) in [4.78, 5) is 28.7. The van der Waals surface area contributed by atoms with Crippen LogP contribution in [0.1, 0.15) is 45.2 Å². The Bertz CT molecular complexity index is 936. The number of ether oxygens (including phenoxy) is 1. The fourth-order valence-electron chi connectivity index (χ4n) is 3.55. The van der Waals surface area contributed by atoms with Crippen molar-refractivity contribution in [3.8, 4) is 5.75 Å². The molecule has 0 bridgehead atoms. The van der Waals surface area contributed by atoms with E-state index in [1.165, 1.54) is 11.8 Å². The van der Waals surface area contributed by atoms with E-state index in [4.69, 9.17) is 4.74 Å². The lowest BCUT2D eigenvalue weighted by Gasteiger charge is -2.35. The minimum absolute atomic E-state index is 0.0260. The molecule has 0 aromatic heterocycles. The maximum atomic E-state index is 13.1. The average Bonchev–Trinajstić information content (AvgIpc) is 2.73. The molecule has 3 rings (SSSR count). The molecule has 5 nitrogen and oxygen atoms in total. The van der Waals surface area contributed by atoms with Gasteiger partial charge in [-0.15, -0.1) is 11.8 Å². The van der Waals surface area contributed by atoms with Crippen LogP contribution in [0.15, 0.2) is 47.4 Å². The van der Waals surface area contributed by atoms with Gasteiger partial charge >= 0.3 is 0 Å². The number of carbonyl (C=O) groups excluding carboxylic acids is 2. The van der Waals surface area contributed by atoms with Gasteiger partial charge in [-0.3, -0.25) is 14.5 Å². The van der Waals surface area contributed by atoms with Crippen molar-refractivity contribution in [2.45, 2.75) is 57.0 Å². The summed E-state index contributed by atoms with van der Waals surface area (Å²) in [6, 6.07) is 13.3. The second kappa shape index (κ2) is 9.13. The normalized spacial score (nSPS) is 14.8. The Hall–Kier alpha value is -2.47. The Morgan fingerprint density at radius 1 is 1.23 bits per heavy atom. The molecule has 1 aliphatic rings. The van der Waals surface area contributed by atoms with Crippen molar-refractivity contribution in [1.29, 1.82) is 0 Å². The van der Waals surface area contributed by atoms with Crippen LogP contribution in [0.3, 0.4) is 0 Å². The van der Waals surface area contributed by atoms with E-state index in [0.29, 0.717) is 18.7 Å². The summed E-state index contributed by atoms with van der Waals surface area (Å²) in [7, 11) is 1.62. The Kier molecular flexibility index (Phi) is 6.76. The van der Waals surface area contributed by atoms with E-state index in [-0.39, 0.29) is 17.2 Å². The molecule has 6 heteroatoms. The summed E-state index contributed by atoms with van der Waals surface area (Å²) in [6.45, 7) is 8.77. The van der Waals surface area contributed by atoms with Gasteiger partial charge in [0.05, 0.1) is 18.6 Å². The number of carbonyl (C=O) groups is 2. The van der Waals surface area contributed by atoms with Crippen molar-refractivity contribution in [2.24, 2.45) is 0 Å². The molecule has 160 valence electrons. The summed E-state index contributed by atoms with van der Waals surface area (Å²) in [5, 5.41) is 3.00. The zero-order chi connectivity index (χ0) is 21.9. The smallest absolute Gasteiger partial charge is 0.243 e. The maximum absolute atomic E-state index is 13.1. The molecule has 0 spiro atoms. The van der Waals surface area contributed by atoms with Crippen LogP contribution < -0.4 is 15.0 Å². The molecule has 1 N–H and O–H groups in total. The first kappa shape index (κ1) is 22.2. The summed E-state index contributed by atoms with van der Waals surface area (Å²) >= 11 is 1.54. The van der Waals surface area contributed by atoms with Gasteiger partial charge < -0.3 is 10.1 Å². The van der Waals surface area contributed by atoms with Gasteiger partial charge in [-0.05, 0) is 47.2 Å². The van der Waals surface area contributed by atoms with Crippen molar-refractivity contribution < 1.29 is 14.3 Å². The number of hydrogen-bond donors (Lipinski definition) is 1. The number of nitrogens with one attached hydrogen (secondary N) is 1. The zero-order valence-electron chi connectivity index (χ0n) is 18.3. The van der Waals surface area contributed by atoms with Crippen LogP contribution in [0.25, 0.3) is 0 Å². The Morgan fingerprint density at radius 3 is 2.67 bits per heavy atom. The molecule has 1 heterocycles. The summed E-state index contributed by atoms with van der Waals surface area (Å²) in [6.07, 6.45) is 0.541. The third-order valence-electron chi connectivity index (χ3n) is 5.31. The first-order valence-electron chi connectivity index (χ1n) is 10.2. The van der Waals surface area contributed by atoms with Gasteiger partial charge in [0, 0.05) is 11.4 Å². The summed E-state index contributed by atoms with van der Waals surface area (Å²) < 4.78 is 5.25. The minimum Gasteiger partial charge on any atom is -0.497 e. The molecule has 0 radical (unpaired) electrons. The van der Waals surface area contributed by atoms with Gasteiger partial charge in [0.15, 0.2) is 0 Å². The third-order valence-corrected chi connectivity index (χ3v) is 6.35. The van der Waals surface area contributed by atoms with E-state index >= 15 is 0 Å². The van der Waals surface area contributed by atoms with Gasteiger partial charge in [0.1, 0.15) is 11.8 Å². The predicted octanol–water partition coefficient (Wildman–Crippen LogP) is 4.53. The summed E-state index contributed by atoms with van der Waals surface area (Å²) in [5.41, 5.74) is 2.90. The van der Waals surface area contributed by atoms with Crippen LogP contribution in [0.4, 0.5) is 5.69 Å². The molecular weight excluding hydrogens is 396 g/mol. The summed E-state index contributed by atoms with van der Waals surface area (Å²) in [5.74, 6) is 0.928. The zero-order valence-corrected chi connectivity index (χ0v) is 19.1. The van der Waals surface area contributed by atoms with E-state index in [1.807, 2.05) is 31.2 Å². The highest BCUT2D eigenvalue weighted by atomic mass is 32.2. The second-order valence-corrected chi connectivity index (χ2v) is 9.50. The third kappa shape index (κ3) is 4.81. The highest BCUT2D eigenvalue weighted by Crippen LogP contribution is 2.39. The lowest BCUT2D eigenvalue weighted by Crippen LogP contribution is -2.51. The van der Waals surface area contributed by atoms with Gasteiger partial charge in [-0.1, -0.05) is 45.9 Å². The Morgan fingerprint density at radius 2 is 2.00 bits per heavy atom. The topological polar surface area (TPSA) is 58.6 Å². The van der Waals surface area contributed by atoms with Crippen LogP contribution in [0.2, 0.25) is 0 Å². The molecule has 1 unspecified atom stereocenters. The number of anilines is 1. The molecule has 0 saturated heterocycles. The molecule has 30 heavy (non-hydrogen) atoms. The SMILES string of the molecule is CCC(C(=O)NCc1cccc(OC)c1)N1C(=O)CSc2ccc(C(C)(C)C)cc21. The Balaban J connectivity index is 1.85. The van der Waals surface area contributed by atoms with E-state index in [0.717, 1.165) is 27.5 Å². The molecule has 0 saturated carbocycles. The number of methoxy groups -OCH3 is 1. The van der Waals surface area contributed by atoms with Crippen molar-refractivity contribution in [1.82, 2.24) is 5.32 Å². The first-order valence-corrected chi connectivity index (χ1v) is 11.2. The molecule has 1 atom stereocenters. The van der Waals surface area contributed by atoms with E-state index in [1.54, 1.807) is 12.0 Å². The van der Waals surface area contributed by atoms with Gasteiger partial charge in [-0.2, -0.15) is 0 Å². The lowest BCUT2D eigenvalue weighted by atomic mass is 9.86. The first-order chi connectivity index (χ1) is 14.2. The van der Waals surface area contributed by atoms with E-state index < -0.39 is 6.04 Å². The maximum Gasteiger partial charge on any atom is 0.243 e.